The molecule has 1 aromatic rings. The standard InChI is InChI=1S/C15H18FNO3/c1-15(2)10-7-8(16)6-9(12(10)17-14(15)19)13(18)11-4-3-5-20-11/h6-7,11,13,18H,3-5H2,1-2H3,(H,17,19). The number of aliphatic hydroxyl groups excluding tert-OH is 1. The van der Waals surface area contributed by atoms with Gasteiger partial charge in [0.15, 0.2) is 0 Å². The lowest BCUT2D eigenvalue weighted by Crippen LogP contribution is -2.26. The van der Waals surface area contributed by atoms with Crippen molar-refractivity contribution < 1.29 is 19.0 Å². The van der Waals surface area contributed by atoms with Crippen molar-refractivity contribution in [3.8, 4) is 0 Å². The van der Waals surface area contributed by atoms with Gasteiger partial charge in [-0.05, 0) is 44.4 Å². The molecule has 2 aliphatic rings. The number of halogens is 1. The molecule has 0 spiro atoms. The summed E-state index contributed by atoms with van der Waals surface area (Å²) in [5.41, 5.74) is 0.743. The van der Waals surface area contributed by atoms with Crippen molar-refractivity contribution in [2.45, 2.75) is 44.3 Å². The van der Waals surface area contributed by atoms with Gasteiger partial charge in [0.05, 0.1) is 17.2 Å². The summed E-state index contributed by atoms with van der Waals surface area (Å²) in [7, 11) is 0. The Morgan fingerprint density at radius 1 is 1.50 bits per heavy atom. The zero-order valence-electron chi connectivity index (χ0n) is 11.6. The van der Waals surface area contributed by atoms with Crippen molar-refractivity contribution in [1.29, 1.82) is 0 Å². The highest BCUT2D eigenvalue weighted by molar-refractivity contribution is 6.06. The minimum absolute atomic E-state index is 0.182. The Balaban J connectivity index is 2.07. The van der Waals surface area contributed by atoms with Crippen LogP contribution in [0.25, 0.3) is 0 Å². The Morgan fingerprint density at radius 3 is 2.90 bits per heavy atom. The lowest BCUT2D eigenvalue weighted by atomic mass is 9.84. The maximum absolute atomic E-state index is 13.8. The summed E-state index contributed by atoms with van der Waals surface area (Å²) in [6.07, 6.45) is 0.374. The number of anilines is 1. The molecule has 5 heteroatoms. The summed E-state index contributed by atoms with van der Waals surface area (Å²) in [6, 6.07) is 2.64. The number of rotatable bonds is 2. The zero-order valence-corrected chi connectivity index (χ0v) is 11.6. The van der Waals surface area contributed by atoms with E-state index in [1.807, 2.05) is 0 Å². The molecule has 2 heterocycles. The van der Waals surface area contributed by atoms with E-state index in [0.717, 1.165) is 12.8 Å². The Kier molecular flexibility index (Phi) is 3.06. The molecule has 1 aromatic carbocycles. The van der Waals surface area contributed by atoms with Gasteiger partial charge in [-0.2, -0.15) is 0 Å². The molecule has 3 rings (SSSR count). The van der Waals surface area contributed by atoms with Crippen LogP contribution in [0.4, 0.5) is 10.1 Å². The number of amides is 1. The van der Waals surface area contributed by atoms with Crippen molar-refractivity contribution in [2.24, 2.45) is 0 Å². The highest BCUT2D eigenvalue weighted by Crippen LogP contribution is 2.43. The second-order valence-corrected chi connectivity index (χ2v) is 5.99. The first-order valence-electron chi connectivity index (χ1n) is 6.86. The third-order valence-corrected chi connectivity index (χ3v) is 4.25. The summed E-state index contributed by atoms with van der Waals surface area (Å²) in [6.45, 7) is 4.10. The van der Waals surface area contributed by atoms with Gasteiger partial charge in [0.25, 0.3) is 0 Å². The zero-order chi connectivity index (χ0) is 14.5. The highest BCUT2D eigenvalue weighted by Gasteiger charge is 2.41. The van der Waals surface area contributed by atoms with Crippen LogP contribution in [0.5, 0.6) is 0 Å². The lowest BCUT2D eigenvalue weighted by Gasteiger charge is -2.21. The molecule has 2 unspecified atom stereocenters. The van der Waals surface area contributed by atoms with E-state index < -0.39 is 17.3 Å². The molecule has 0 aliphatic carbocycles. The van der Waals surface area contributed by atoms with Gasteiger partial charge in [-0.25, -0.2) is 4.39 Å². The number of aliphatic hydroxyl groups is 1. The average Bonchev–Trinajstić information content (AvgIpc) is 2.99. The maximum atomic E-state index is 13.8. The molecular weight excluding hydrogens is 261 g/mol. The topological polar surface area (TPSA) is 58.6 Å². The van der Waals surface area contributed by atoms with E-state index in [1.54, 1.807) is 13.8 Å². The van der Waals surface area contributed by atoms with Crippen LogP contribution in [0, 0.1) is 5.82 Å². The molecule has 0 radical (unpaired) electrons. The number of hydrogen-bond donors (Lipinski definition) is 2. The highest BCUT2D eigenvalue weighted by atomic mass is 19.1. The van der Waals surface area contributed by atoms with Crippen molar-refractivity contribution in [2.75, 3.05) is 11.9 Å². The lowest BCUT2D eigenvalue weighted by molar-refractivity contribution is -0.119. The molecular formula is C15H18FNO3. The molecule has 4 nitrogen and oxygen atoms in total. The van der Waals surface area contributed by atoms with Gasteiger partial charge in [-0.15, -0.1) is 0 Å². The summed E-state index contributed by atoms with van der Waals surface area (Å²) in [5.74, 6) is -0.626. The monoisotopic (exact) mass is 279 g/mol. The maximum Gasteiger partial charge on any atom is 0.234 e. The van der Waals surface area contributed by atoms with Crippen LogP contribution in [0.2, 0.25) is 0 Å². The SMILES string of the molecule is CC1(C)C(=O)Nc2c(C(O)C3CCCO3)cc(F)cc21. The quantitative estimate of drug-likeness (QED) is 0.873. The number of carbonyl (C=O) groups excluding carboxylic acids is 1. The van der Waals surface area contributed by atoms with E-state index in [2.05, 4.69) is 5.32 Å². The van der Waals surface area contributed by atoms with Gasteiger partial charge in [-0.3, -0.25) is 4.79 Å². The van der Waals surface area contributed by atoms with Crippen LogP contribution in [-0.2, 0) is 14.9 Å². The van der Waals surface area contributed by atoms with Crippen LogP contribution in [0.1, 0.15) is 43.9 Å². The minimum Gasteiger partial charge on any atom is -0.386 e. The summed E-state index contributed by atoms with van der Waals surface area (Å²) in [4.78, 5) is 12.0. The number of hydrogen-bond acceptors (Lipinski definition) is 3. The smallest absolute Gasteiger partial charge is 0.234 e. The van der Waals surface area contributed by atoms with Crippen LogP contribution < -0.4 is 5.32 Å². The summed E-state index contributed by atoms with van der Waals surface area (Å²) in [5, 5.41) is 13.2. The molecule has 0 bridgehead atoms. The first-order valence-corrected chi connectivity index (χ1v) is 6.86. The summed E-state index contributed by atoms with van der Waals surface area (Å²) >= 11 is 0. The third kappa shape index (κ3) is 1.93. The Hall–Kier alpha value is -1.46. The Bertz CT molecular complexity index is 564. The van der Waals surface area contributed by atoms with Gasteiger partial charge in [0.2, 0.25) is 5.91 Å². The van der Waals surface area contributed by atoms with Crippen LogP contribution in [-0.4, -0.2) is 23.7 Å². The second kappa shape index (κ2) is 4.53. The molecule has 1 saturated heterocycles. The molecule has 1 amide bonds. The van der Waals surface area contributed by atoms with Gasteiger partial charge in [-0.1, -0.05) is 0 Å². The molecule has 20 heavy (non-hydrogen) atoms. The van der Waals surface area contributed by atoms with Crippen LogP contribution in [0.15, 0.2) is 12.1 Å². The van der Waals surface area contributed by atoms with Crippen molar-refractivity contribution in [1.82, 2.24) is 0 Å². The van der Waals surface area contributed by atoms with Gasteiger partial charge >= 0.3 is 0 Å². The van der Waals surface area contributed by atoms with Gasteiger partial charge in [0, 0.05) is 12.2 Å². The molecule has 0 aromatic heterocycles. The summed E-state index contributed by atoms with van der Waals surface area (Å²) < 4.78 is 19.3. The Labute approximate surface area is 116 Å². The number of ether oxygens (including phenoxy) is 1. The molecule has 2 atom stereocenters. The van der Waals surface area contributed by atoms with Crippen molar-refractivity contribution >= 4 is 11.6 Å². The minimum atomic E-state index is -0.920. The molecule has 0 saturated carbocycles. The largest absolute Gasteiger partial charge is 0.386 e. The fourth-order valence-electron chi connectivity index (χ4n) is 2.94. The second-order valence-electron chi connectivity index (χ2n) is 5.99. The number of nitrogens with one attached hydrogen (secondary N) is 1. The van der Waals surface area contributed by atoms with Crippen LogP contribution >= 0.6 is 0 Å². The molecule has 108 valence electrons. The average molecular weight is 279 g/mol. The fraction of sp³-hybridized carbons (Fsp3) is 0.533. The molecule has 1 fully saturated rings. The van der Waals surface area contributed by atoms with Gasteiger partial charge in [0.1, 0.15) is 11.9 Å². The molecule has 2 N–H and O–H groups in total. The number of fused-ring (bicyclic) bond motifs is 1. The first kappa shape index (κ1) is 13.5. The van der Waals surface area contributed by atoms with E-state index in [9.17, 15) is 14.3 Å². The fourth-order valence-corrected chi connectivity index (χ4v) is 2.94. The van der Waals surface area contributed by atoms with E-state index in [4.69, 9.17) is 4.74 Å². The Morgan fingerprint density at radius 2 is 2.25 bits per heavy atom. The van der Waals surface area contributed by atoms with Crippen molar-refractivity contribution in [3.63, 3.8) is 0 Å². The normalized spacial score (nSPS) is 25.4. The van der Waals surface area contributed by atoms with E-state index in [1.165, 1.54) is 12.1 Å². The van der Waals surface area contributed by atoms with Crippen molar-refractivity contribution in [3.05, 3.63) is 29.1 Å². The van der Waals surface area contributed by atoms with E-state index >= 15 is 0 Å². The first-order chi connectivity index (χ1) is 9.41. The predicted molar refractivity (Wildman–Crippen MR) is 72.0 cm³/mol. The number of carbonyl (C=O) groups is 1. The van der Waals surface area contributed by atoms with E-state index in [-0.39, 0.29) is 12.0 Å². The van der Waals surface area contributed by atoms with Crippen LogP contribution in [0.3, 0.4) is 0 Å². The van der Waals surface area contributed by atoms with Gasteiger partial charge < -0.3 is 15.2 Å². The third-order valence-electron chi connectivity index (χ3n) is 4.25. The predicted octanol–water partition coefficient (Wildman–Crippen LogP) is 2.27. The number of benzene rings is 1. The van der Waals surface area contributed by atoms with E-state index in [0.29, 0.717) is 23.4 Å². The molecule has 2 aliphatic heterocycles.